The van der Waals surface area contributed by atoms with Gasteiger partial charge in [0, 0.05) is 15.9 Å². The molecule has 0 spiro atoms. The highest BCUT2D eigenvalue weighted by atomic mass is 79.9. The third-order valence-electron chi connectivity index (χ3n) is 4.08. The Morgan fingerprint density at radius 3 is 2.77 bits per heavy atom. The first kappa shape index (κ1) is 18.5. The van der Waals surface area contributed by atoms with E-state index in [0.717, 1.165) is 26.6 Å². The smallest absolute Gasteiger partial charge is 0.309 e. The average Bonchev–Trinajstić information content (AvgIpc) is 2.98. The molecule has 0 amide bonds. The second kappa shape index (κ2) is 7.91. The van der Waals surface area contributed by atoms with E-state index in [1.54, 1.807) is 0 Å². The molecule has 3 rings (SSSR count). The average molecular weight is 417 g/mol. The lowest BCUT2D eigenvalue weighted by molar-refractivity contribution is -0.139. The summed E-state index contributed by atoms with van der Waals surface area (Å²) in [6.07, 6.45) is 0.228. The quantitative estimate of drug-likeness (QED) is 0.547. The van der Waals surface area contributed by atoms with Gasteiger partial charge in [-0.15, -0.1) is 0 Å². The van der Waals surface area contributed by atoms with Gasteiger partial charge in [0.15, 0.2) is 0 Å². The van der Waals surface area contributed by atoms with E-state index in [1.807, 2.05) is 35.0 Å². The molecule has 3 aromatic rings. The Morgan fingerprint density at radius 1 is 1.23 bits per heavy atom. The van der Waals surface area contributed by atoms with Gasteiger partial charge < -0.3 is 9.47 Å². The van der Waals surface area contributed by atoms with Gasteiger partial charge in [-0.3, -0.25) is 9.48 Å². The number of carbonyl (C=O) groups excluding carboxylic acids is 1. The van der Waals surface area contributed by atoms with Gasteiger partial charge in [-0.2, -0.15) is 5.10 Å². The molecule has 0 aliphatic carbocycles. The van der Waals surface area contributed by atoms with Crippen LogP contribution in [0, 0.1) is 0 Å². The molecule has 0 aliphatic rings. The number of aromatic nitrogens is 2. The summed E-state index contributed by atoms with van der Waals surface area (Å²) >= 11 is 3.53. The molecule has 0 atom stereocenters. The molecular weight excluding hydrogens is 396 g/mol. The molecule has 1 heterocycles. The second-order valence-electron chi connectivity index (χ2n) is 6.34. The summed E-state index contributed by atoms with van der Waals surface area (Å²) in [5.41, 5.74) is 2.82. The minimum atomic E-state index is -0.270. The summed E-state index contributed by atoms with van der Waals surface area (Å²) in [4.78, 5) is 11.4. The number of rotatable bonds is 6. The molecule has 1 aromatic heterocycles. The molecule has 0 saturated heterocycles. The molecule has 0 bridgehead atoms. The Morgan fingerprint density at radius 2 is 2.04 bits per heavy atom. The van der Waals surface area contributed by atoms with E-state index < -0.39 is 0 Å². The molecule has 6 heteroatoms. The van der Waals surface area contributed by atoms with E-state index >= 15 is 0 Å². The fourth-order valence-corrected chi connectivity index (χ4v) is 3.17. The first-order chi connectivity index (χ1) is 12.5. The predicted octanol–water partition coefficient (Wildman–Crippen LogP) is 4.67. The standard InChI is InChI=1S/C20H21BrN2O3/c1-13(2)23-19-8-7-15(21)11-17(19)18(22-23)12-26-16-6-4-5-14(9-16)10-20(24)25-3/h4-9,11,13H,10,12H2,1-3H3. The Labute approximate surface area is 161 Å². The third kappa shape index (κ3) is 4.07. The maximum atomic E-state index is 11.4. The zero-order valence-electron chi connectivity index (χ0n) is 15.0. The first-order valence-corrected chi connectivity index (χ1v) is 9.22. The summed E-state index contributed by atoms with van der Waals surface area (Å²) < 4.78 is 13.7. The summed E-state index contributed by atoms with van der Waals surface area (Å²) in [7, 11) is 1.39. The Balaban J connectivity index is 1.83. The lowest BCUT2D eigenvalue weighted by Crippen LogP contribution is -2.05. The molecule has 2 aromatic carbocycles. The number of hydrogen-bond donors (Lipinski definition) is 0. The number of halogens is 1. The van der Waals surface area contributed by atoms with Crippen LogP contribution in [-0.4, -0.2) is 22.9 Å². The highest BCUT2D eigenvalue weighted by molar-refractivity contribution is 9.10. The van der Waals surface area contributed by atoms with E-state index in [0.29, 0.717) is 12.4 Å². The minimum absolute atomic E-state index is 0.228. The fraction of sp³-hybridized carbons (Fsp3) is 0.300. The zero-order valence-corrected chi connectivity index (χ0v) is 16.6. The van der Waals surface area contributed by atoms with E-state index in [1.165, 1.54) is 7.11 Å². The lowest BCUT2D eigenvalue weighted by atomic mass is 10.1. The monoisotopic (exact) mass is 416 g/mol. The van der Waals surface area contributed by atoms with Crippen molar-refractivity contribution >= 4 is 32.8 Å². The van der Waals surface area contributed by atoms with Crippen molar-refractivity contribution in [2.75, 3.05) is 7.11 Å². The first-order valence-electron chi connectivity index (χ1n) is 8.43. The number of esters is 1. The Bertz CT molecular complexity index is 934. The molecule has 0 radical (unpaired) electrons. The second-order valence-corrected chi connectivity index (χ2v) is 7.25. The van der Waals surface area contributed by atoms with Gasteiger partial charge in [-0.25, -0.2) is 0 Å². The maximum absolute atomic E-state index is 11.4. The molecule has 5 nitrogen and oxygen atoms in total. The largest absolute Gasteiger partial charge is 0.487 e. The van der Waals surface area contributed by atoms with Crippen molar-refractivity contribution in [1.82, 2.24) is 9.78 Å². The van der Waals surface area contributed by atoms with Gasteiger partial charge >= 0.3 is 5.97 Å². The van der Waals surface area contributed by atoms with Gasteiger partial charge in [0.05, 0.1) is 19.0 Å². The van der Waals surface area contributed by atoms with Crippen molar-refractivity contribution in [3.63, 3.8) is 0 Å². The normalized spacial score (nSPS) is 11.1. The van der Waals surface area contributed by atoms with Crippen molar-refractivity contribution in [2.24, 2.45) is 0 Å². The van der Waals surface area contributed by atoms with Crippen LogP contribution in [0.4, 0.5) is 0 Å². The van der Waals surface area contributed by atoms with Gasteiger partial charge in [0.2, 0.25) is 0 Å². The van der Waals surface area contributed by atoms with E-state index in [2.05, 4.69) is 41.9 Å². The van der Waals surface area contributed by atoms with Crippen LogP contribution in [0.25, 0.3) is 10.9 Å². The number of ether oxygens (including phenoxy) is 2. The Hall–Kier alpha value is -2.34. The van der Waals surface area contributed by atoms with Gasteiger partial charge in [-0.05, 0) is 49.7 Å². The SMILES string of the molecule is COC(=O)Cc1cccc(OCc2nn(C(C)C)c3ccc(Br)cc23)c1. The summed E-state index contributed by atoms with van der Waals surface area (Å²) in [6, 6.07) is 13.9. The molecule has 0 fully saturated rings. The molecule has 0 saturated carbocycles. The van der Waals surface area contributed by atoms with Crippen LogP contribution in [0.3, 0.4) is 0 Å². The van der Waals surface area contributed by atoms with Crippen molar-refractivity contribution in [2.45, 2.75) is 32.9 Å². The zero-order chi connectivity index (χ0) is 18.7. The number of nitrogens with zero attached hydrogens (tertiary/aromatic N) is 2. The van der Waals surface area contributed by atoms with Crippen LogP contribution in [-0.2, 0) is 22.6 Å². The van der Waals surface area contributed by atoms with Gasteiger partial charge in [0.1, 0.15) is 18.1 Å². The molecule has 0 aliphatic heterocycles. The molecule has 26 heavy (non-hydrogen) atoms. The molecular formula is C20H21BrN2O3. The molecule has 0 unspecified atom stereocenters. The summed E-state index contributed by atoms with van der Waals surface area (Å²) in [5.74, 6) is 0.433. The number of carbonyl (C=O) groups is 1. The number of methoxy groups -OCH3 is 1. The van der Waals surface area contributed by atoms with Crippen LogP contribution in [0.2, 0.25) is 0 Å². The summed E-state index contributed by atoms with van der Waals surface area (Å²) in [5, 5.41) is 5.79. The summed E-state index contributed by atoms with van der Waals surface area (Å²) in [6.45, 7) is 4.57. The number of hydrogen-bond acceptors (Lipinski definition) is 4. The van der Waals surface area contributed by atoms with Gasteiger partial charge in [-0.1, -0.05) is 28.1 Å². The highest BCUT2D eigenvalue weighted by Gasteiger charge is 2.14. The predicted molar refractivity (Wildman–Crippen MR) is 104 cm³/mol. The highest BCUT2D eigenvalue weighted by Crippen LogP contribution is 2.26. The van der Waals surface area contributed by atoms with Crippen molar-refractivity contribution in [3.05, 3.63) is 58.2 Å². The van der Waals surface area contributed by atoms with E-state index in [-0.39, 0.29) is 18.4 Å². The van der Waals surface area contributed by atoms with Crippen LogP contribution < -0.4 is 4.74 Å². The van der Waals surface area contributed by atoms with Gasteiger partial charge in [0.25, 0.3) is 0 Å². The molecule has 0 N–H and O–H groups in total. The van der Waals surface area contributed by atoms with Crippen molar-refractivity contribution in [3.8, 4) is 5.75 Å². The number of fused-ring (bicyclic) bond motifs is 1. The third-order valence-corrected chi connectivity index (χ3v) is 4.58. The lowest BCUT2D eigenvalue weighted by Gasteiger charge is -2.07. The van der Waals surface area contributed by atoms with Crippen molar-refractivity contribution < 1.29 is 14.3 Å². The van der Waals surface area contributed by atoms with E-state index in [4.69, 9.17) is 14.6 Å². The topological polar surface area (TPSA) is 53.4 Å². The minimum Gasteiger partial charge on any atom is -0.487 e. The fourth-order valence-electron chi connectivity index (χ4n) is 2.81. The number of benzene rings is 2. The van der Waals surface area contributed by atoms with Crippen LogP contribution in [0.5, 0.6) is 5.75 Å². The molecule has 136 valence electrons. The van der Waals surface area contributed by atoms with Crippen LogP contribution >= 0.6 is 15.9 Å². The van der Waals surface area contributed by atoms with E-state index in [9.17, 15) is 4.79 Å². The van der Waals surface area contributed by atoms with Crippen LogP contribution in [0.15, 0.2) is 46.9 Å². The van der Waals surface area contributed by atoms with Crippen molar-refractivity contribution in [1.29, 1.82) is 0 Å². The van der Waals surface area contributed by atoms with Crippen LogP contribution in [0.1, 0.15) is 31.1 Å². The Kier molecular flexibility index (Phi) is 5.61. The maximum Gasteiger partial charge on any atom is 0.309 e.